The number of nitrogens with zero attached hydrogens (tertiary/aromatic N) is 2. The molecule has 0 aromatic carbocycles. The molecular weight excluding hydrogens is 178 g/mol. The Hall–Kier alpha value is -1.58. The van der Waals surface area contributed by atoms with E-state index in [1.54, 1.807) is 19.3 Å². The maximum atomic E-state index is 5.75. The third-order valence-corrected chi connectivity index (χ3v) is 2.21. The minimum atomic E-state index is 0.565. The number of aromatic nitrogens is 1. The summed E-state index contributed by atoms with van der Waals surface area (Å²) in [6.07, 6.45) is 5.77. The van der Waals surface area contributed by atoms with E-state index in [0.29, 0.717) is 17.4 Å². The zero-order valence-corrected chi connectivity index (χ0v) is 8.10. The topological polar surface area (TPSA) is 64.4 Å². The van der Waals surface area contributed by atoms with Gasteiger partial charge < -0.3 is 10.3 Å². The normalized spacial score (nSPS) is 17.9. The van der Waals surface area contributed by atoms with E-state index in [1.165, 1.54) is 12.8 Å². The highest BCUT2D eigenvalue weighted by Gasteiger charge is 2.27. The minimum absolute atomic E-state index is 0.565. The molecule has 1 fully saturated rings. The van der Waals surface area contributed by atoms with Gasteiger partial charge in [-0.3, -0.25) is 4.99 Å². The van der Waals surface area contributed by atoms with E-state index < -0.39 is 0 Å². The summed E-state index contributed by atoms with van der Waals surface area (Å²) in [6, 6.07) is 1.91. The molecule has 0 radical (unpaired) electrons. The molecule has 1 heterocycles. The lowest BCUT2D eigenvalue weighted by Gasteiger charge is -1.89. The predicted octanol–water partition coefficient (Wildman–Crippen LogP) is 1.55. The third kappa shape index (κ3) is 1.84. The van der Waals surface area contributed by atoms with Crippen molar-refractivity contribution in [3.05, 3.63) is 23.6 Å². The first-order chi connectivity index (χ1) is 6.81. The van der Waals surface area contributed by atoms with Crippen LogP contribution in [0.1, 0.15) is 30.2 Å². The van der Waals surface area contributed by atoms with Gasteiger partial charge in [-0.15, -0.1) is 0 Å². The summed E-state index contributed by atoms with van der Waals surface area (Å²) in [5.74, 6) is 1.23. The fourth-order valence-electron chi connectivity index (χ4n) is 1.23. The van der Waals surface area contributed by atoms with Crippen LogP contribution in [0.5, 0.6) is 0 Å². The second-order valence-electron chi connectivity index (χ2n) is 3.42. The van der Waals surface area contributed by atoms with E-state index in [4.69, 9.17) is 10.3 Å². The van der Waals surface area contributed by atoms with E-state index in [9.17, 15) is 0 Å². The van der Waals surface area contributed by atoms with Gasteiger partial charge in [0.05, 0.1) is 11.4 Å². The Morgan fingerprint density at radius 3 is 3.14 bits per heavy atom. The van der Waals surface area contributed by atoms with Crippen molar-refractivity contribution in [2.75, 3.05) is 7.05 Å². The second-order valence-corrected chi connectivity index (χ2v) is 3.42. The van der Waals surface area contributed by atoms with Gasteiger partial charge in [-0.2, -0.15) is 0 Å². The first-order valence-electron chi connectivity index (χ1n) is 4.66. The number of hydrogen-bond acceptors (Lipinski definition) is 4. The molecule has 0 spiro atoms. The number of rotatable bonds is 3. The Morgan fingerprint density at radius 1 is 1.71 bits per heavy atom. The second kappa shape index (κ2) is 3.65. The molecule has 0 atom stereocenters. The van der Waals surface area contributed by atoms with Crippen LogP contribution in [0.2, 0.25) is 0 Å². The largest absolute Gasteiger partial charge is 0.396 e. The van der Waals surface area contributed by atoms with E-state index in [-0.39, 0.29) is 0 Å². The Balaban J connectivity index is 2.15. The Bertz CT molecular complexity index is 374. The van der Waals surface area contributed by atoms with Crippen LogP contribution in [0.4, 0.5) is 0 Å². The zero-order valence-electron chi connectivity index (χ0n) is 8.10. The molecule has 2 N–H and O–H groups in total. The van der Waals surface area contributed by atoms with Gasteiger partial charge in [0.2, 0.25) is 0 Å². The monoisotopic (exact) mass is 191 g/mol. The molecular formula is C10H13N3O. The van der Waals surface area contributed by atoms with Crippen molar-refractivity contribution >= 4 is 11.9 Å². The fourth-order valence-corrected chi connectivity index (χ4v) is 1.23. The highest BCUT2D eigenvalue weighted by molar-refractivity contribution is 5.82. The third-order valence-electron chi connectivity index (χ3n) is 2.21. The Labute approximate surface area is 82.5 Å². The van der Waals surface area contributed by atoms with Crippen molar-refractivity contribution in [3.63, 3.8) is 0 Å². The first-order valence-corrected chi connectivity index (χ1v) is 4.66. The molecule has 0 aliphatic heterocycles. The summed E-state index contributed by atoms with van der Waals surface area (Å²) >= 11 is 0. The quantitative estimate of drug-likeness (QED) is 0.737. The van der Waals surface area contributed by atoms with Gasteiger partial charge in [-0.05, 0) is 18.9 Å². The van der Waals surface area contributed by atoms with Crippen molar-refractivity contribution < 1.29 is 4.52 Å². The standard InChI is InChI=1S/C10H13N3O/c1-12-5-4-8(11)10-6-9(13-14-10)7-2-3-7/h4-7H,2-3,11H2,1H3/b8-4-,12-5?. The summed E-state index contributed by atoms with van der Waals surface area (Å²) in [5, 5.41) is 3.97. The van der Waals surface area contributed by atoms with E-state index >= 15 is 0 Å². The lowest BCUT2D eigenvalue weighted by molar-refractivity contribution is 0.402. The molecule has 0 bridgehead atoms. The van der Waals surface area contributed by atoms with E-state index in [1.807, 2.05) is 6.07 Å². The average molecular weight is 191 g/mol. The number of hydrogen-bond donors (Lipinski definition) is 1. The van der Waals surface area contributed by atoms with E-state index in [0.717, 1.165) is 5.69 Å². The van der Waals surface area contributed by atoms with Crippen molar-refractivity contribution in [1.29, 1.82) is 0 Å². The van der Waals surface area contributed by atoms with Crippen LogP contribution >= 0.6 is 0 Å². The molecule has 1 aliphatic carbocycles. The maximum absolute atomic E-state index is 5.75. The smallest absolute Gasteiger partial charge is 0.182 e. The molecule has 1 aromatic rings. The molecule has 4 heteroatoms. The summed E-state index contributed by atoms with van der Waals surface area (Å²) in [6.45, 7) is 0. The molecule has 0 amide bonds. The summed E-state index contributed by atoms with van der Waals surface area (Å²) in [5.41, 5.74) is 7.33. The van der Waals surface area contributed by atoms with Crippen LogP contribution in [0, 0.1) is 0 Å². The van der Waals surface area contributed by atoms with Crippen molar-refractivity contribution in [1.82, 2.24) is 5.16 Å². The Kier molecular flexibility index (Phi) is 2.35. The van der Waals surface area contributed by atoms with Gasteiger partial charge >= 0.3 is 0 Å². The fraction of sp³-hybridized carbons (Fsp3) is 0.400. The Morgan fingerprint density at radius 2 is 2.50 bits per heavy atom. The van der Waals surface area contributed by atoms with Crippen LogP contribution in [0.25, 0.3) is 5.70 Å². The highest BCUT2D eigenvalue weighted by atomic mass is 16.5. The summed E-state index contributed by atoms with van der Waals surface area (Å²) in [7, 11) is 1.69. The SMILES string of the molecule is CN=C/C=C(\N)c1cc(C2CC2)no1. The lowest BCUT2D eigenvalue weighted by atomic mass is 10.2. The van der Waals surface area contributed by atoms with Gasteiger partial charge in [0.1, 0.15) is 0 Å². The lowest BCUT2D eigenvalue weighted by Crippen LogP contribution is -1.94. The molecule has 1 aromatic heterocycles. The van der Waals surface area contributed by atoms with Crippen LogP contribution in [-0.4, -0.2) is 18.4 Å². The van der Waals surface area contributed by atoms with Crippen LogP contribution in [0.15, 0.2) is 21.7 Å². The number of allylic oxidation sites excluding steroid dienone is 1. The zero-order chi connectivity index (χ0) is 9.97. The molecule has 1 saturated carbocycles. The average Bonchev–Trinajstić information content (AvgIpc) is 2.93. The molecule has 0 unspecified atom stereocenters. The van der Waals surface area contributed by atoms with Gasteiger partial charge in [-0.25, -0.2) is 0 Å². The van der Waals surface area contributed by atoms with Crippen LogP contribution < -0.4 is 5.73 Å². The molecule has 74 valence electrons. The van der Waals surface area contributed by atoms with Gasteiger partial charge in [-0.1, -0.05) is 5.16 Å². The van der Waals surface area contributed by atoms with E-state index in [2.05, 4.69) is 10.1 Å². The van der Waals surface area contributed by atoms with Crippen molar-refractivity contribution in [2.24, 2.45) is 10.7 Å². The summed E-state index contributed by atoms with van der Waals surface area (Å²) in [4.78, 5) is 3.81. The maximum Gasteiger partial charge on any atom is 0.182 e. The molecule has 0 saturated heterocycles. The number of nitrogens with two attached hydrogens (primary N) is 1. The molecule has 1 aliphatic rings. The molecule has 2 rings (SSSR count). The van der Waals surface area contributed by atoms with Crippen LogP contribution in [-0.2, 0) is 0 Å². The van der Waals surface area contributed by atoms with Gasteiger partial charge in [0.25, 0.3) is 0 Å². The highest BCUT2D eigenvalue weighted by Crippen LogP contribution is 2.39. The van der Waals surface area contributed by atoms with Crippen molar-refractivity contribution in [3.8, 4) is 0 Å². The number of aliphatic imine (C=N–C) groups is 1. The molecule has 14 heavy (non-hydrogen) atoms. The molecule has 4 nitrogen and oxygen atoms in total. The summed E-state index contributed by atoms with van der Waals surface area (Å²) < 4.78 is 5.12. The van der Waals surface area contributed by atoms with Gasteiger partial charge in [0.15, 0.2) is 5.76 Å². The van der Waals surface area contributed by atoms with Crippen molar-refractivity contribution in [2.45, 2.75) is 18.8 Å². The first kappa shape index (κ1) is 8.99. The van der Waals surface area contributed by atoms with Crippen LogP contribution in [0.3, 0.4) is 0 Å². The predicted molar refractivity (Wildman–Crippen MR) is 55.1 cm³/mol. The minimum Gasteiger partial charge on any atom is -0.396 e. The van der Waals surface area contributed by atoms with Gasteiger partial charge in [0, 0.05) is 25.2 Å².